The number of nitrogens with two attached hydrogens (primary N) is 1. The number of aliphatic carboxylic acids is 1. The molecule has 88 valence electrons. The van der Waals surface area contributed by atoms with E-state index in [1.165, 1.54) is 0 Å². The summed E-state index contributed by atoms with van der Waals surface area (Å²) in [5.41, 5.74) is 6.95. The van der Waals surface area contributed by atoms with Crippen molar-refractivity contribution in [3.8, 4) is 10.4 Å². The van der Waals surface area contributed by atoms with Crippen molar-refractivity contribution in [1.29, 1.82) is 0 Å². The zero-order valence-electron chi connectivity index (χ0n) is 9.17. The van der Waals surface area contributed by atoms with E-state index in [4.69, 9.17) is 10.8 Å². The van der Waals surface area contributed by atoms with Crippen LogP contribution in [0.2, 0.25) is 0 Å². The van der Waals surface area contributed by atoms with Crippen LogP contribution >= 0.6 is 11.3 Å². The highest BCUT2D eigenvalue weighted by Gasteiger charge is 2.13. The van der Waals surface area contributed by atoms with Crippen molar-refractivity contribution < 1.29 is 9.90 Å². The summed E-state index contributed by atoms with van der Waals surface area (Å²) in [5.74, 6) is -0.868. The summed E-state index contributed by atoms with van der Waals surface area (Å²) in [4.78, 5) is 12.6. The van der Waals surface area contributed by atoms with Gasteiger partial charge in [0.2, 0.25) is 0 Å². The number of thiophene rings is 1. The Labute approximate surface area is 104 Å². The van der Waals surface area contributed by atoms with Crippen molar-refractivity contribution in [2.24, 2.45) is 5.73 Å². The fraction of sp³-hybridized carbons (Fsp3) is 0.154. The Bertz CT molecular complexity index is 507. The number of carboxylic acid groups (broad SMARTS) is 1. The van der Waals surface area contributed by atoms with Crippen LogP contribution in [0.4, 0.5) is 0 Å². The van der Waals surface area contributed by atoms with Crippen LogP contribution in [0, 0.1) is 0 Å². The van der Waals surface area contributed by atoms with Gasteiger partial charge in [-0.2, -0.15) is 0 Å². The van der Waals surface area contributed by atoms with Crippen LogP contribution in [-0.2, 0) is 4.79 Å². The smallest absolute Gasteiger partial charge is 0.305 e. The van der Waals surface area contributed by atoms with Crippen molar-refractivity contribution in [2.75, 3.05) is 0 Å². The molecule has 0 aliphatic carbocycles. The van der Waals surface area contributed by atoms with Crippen molar-refractivity contribution in [1.82, 2.24) is 0 Å². The van der Waals surface area contributed by atoms with Crippen LogP contribution in [0.3, 0.4) is 0 Å². The molecular weight excluding hydrogens is 234 g/mol. The summed E-state index contributed by atoms with van der Waals surface area (Å²) in [6.45, 7) is 0. The van der Waals surface area contributed by atoms with Gasteiger partial charge in [-0.1, -0.05) is 30.3 Å². The molecule has 0 radical (unpaired) electrons. The topological polar surface area (TPSA) is 63.3 Å². The first-order valence-corrected chi connectivity index (χ1v) is 6.11. The molecule has 2 aromatic rings. The number of hydrogen-bond acceptors (Lipinski definition) is 3. The molecule has 0 fully saturated rings. The fourth-order valence-corrected chi connectivity index (χ4v) is 2.61. The number of benzene rings is 1. The summed E-state index contributed by atoms with van der Waals surface area (Å²) < 4.78 is 0. The maximum atomic E-state index is 10.6. The lowest BCUT2D eigenvalue weighted by Gasteiger charge is -2.04. The van der Waals surface area contributed by atoms with Gasteiger partial charge in [-0.05, 0) is 17.7 Å². The second-order valence-electron chi connectivity index (χ2n) is 3.77. The second-order valence-corrected chi connectivity index (χ2v) is 4.89. The fourth-order valence-electron chi connectivity index (χ4n) is 1.60. The molecule has 1 aromatic carbocycles. The lowest BCUT2D eigenvalue weighted by atomic mass is 10.1. The van der Waals surface area contributed by atoms with Gasteiger partial charge < -0.3 is 10.8 Å². The van der Waals surface area contributed by atoms with Crippen molar-refractivity contribution in [2.45, 2.75) is 12.5 Å². The molecule has 3 N–H and O–H groups in total. The Balaban J connectivity index is 2.19. The van der Waals surface area contributed by atoms with E-state index in [0.29, 0.717) is 0 Å². The van der Waals surface area contributed by atoms with E-state index in [0.717, 1.165) is 15.3 Å². The molecule has 0 saturated heterocycles. The normalized spacial score (nSPS) is 12.3. The SMILES string of the molecule is N[C@@H](CC(=O)O)c1ccc(-c2ccccc2)s1. The highest BCUT2D eigenvalue weighted by atomic mass is 32.1. The monoisotopic (exact) mass is 247 g/mol. The van der Waals surface area contributed by atoms with Crippen molar-refractivity contribution >= 4 is 17.3 Å². The molecule has 1 atom stereocenters. The molecule has 0 bridgehead atoms. The summed E-state index contributed by atoms with van der Waals surface area (Å²) >= 11 is 1.55. The standard InChI is InChI=1S/C13H13NO2S/c14-10(8-13(15)16)12-7-6-11(17-12)9-4-2-1-3-5-9/h1-7,10H,8,14H2,(H,15,16)/t10-/m0/s1. The van der Waals surface area contributed by atoms with Gasteiger partial charge in [0, 0.05) is 15.8 Å². The van der Waals surface area contributed by atoms with E-state index < -0.39 is 12.0 Å². The molecule has 1 aromatic heterocycles. The van der Waals surface area contributed by atoms with Gasteiger partial charge in [-0.15, -0.1) is 11.3 Å². The lowest BCUT2D eigenvalue weighted by molar-refractivity contribution is -0.137. The summed E-state index contributed by atoms with van der Waals surface area (Å²) in [7, 11) is 0. The van der Waals surface area contributed by atoms with Crippen LogP contribution in [-0.4, -0.2) is 11.1 Å². The van der Waals surface area contributed by atoms with Gasteiger partial charge in [0.05, 0.1) is 6.42 Å². The second kappa shape index (κ2) is 5.12. The number of carboxylic acids is 1. The van der Waals surface area contributed by atoms with Crippen LogP contribution < -0.4 is 5.73 Å². The van der Waals surface area contributed by atoms with Crippen LogP contribution in [0.1, 0.15) is 17.3 Å². The Morgan fingerprint density at radius 3 is 2.59 bits per heavy atom. The van der Waals surface area contributed by atoms with E-state index in [1.54, 1.807) is 11.3 Å². The Kier molecular flexibility index (Phi) is 3.56. The lowest BCUT2D eigenvalue weighted by Crippen LogP contribution is -2.13. The predicted molar refractivity (Wildman–Crippen MR) is 68.9 cm³/mol. The Morgan fingerprint density at radius 1 is 1.24 bits per heavy atom. The van der Waals surface area contributed by atoms with Crippen LogP contribution in [0.5, 0.6) is 0 Å². The molecule has 0 saturated carbocycles. The van der Waals surface area contributed by atoms with Crippen molar-refractivity contribution in [3.05, 3.63) is 47.3 Å². The largest absolute Gasteiger partial charge is 0.481 e. The minimum Gasteiger partial charge on any atom is -0.481 e. The van der Waals surface area contributed by atoms with E-state index in [1.807, 2.05) is 42.5 Å². The third kappa shape index (κ3) is 2.93. The Hall–Kier alpha value is -1.65. The maximum Gasteiger partial charge on any atom is 0.305 e. The van der Waals surface area contributed by atoms with Gasteiger partial charge in [0.15, 0.2) is 0 Å². The van der Waals surface area contributed by atoms with E-state index in [9.17, 15) is 4.79 Å². The van der Waals surface area contributed by atoms with Gasteiger partial charge in [-0.3, -0.25) is 4.79 Å². The zero-order valence-corrected chi connectivity index (χ0v) is 9.98. The molecule has 0 aliphatic heterocycles. The average molecular weight is 247 g/mol. The molecule has 0 spiro atoms. The quantitative estimate of drug-likeness (QED) is 0.873. The minimum absolute atomic E-state index is 0.0330. The molecule has 2 rings (SSSR count). The summed E-state index contributed by atoms with van der Waals surface area (Å²) in [5, 5.41) is 8.69. The van der Waals surface area contributed by atoms with Gasteiger partial charge in [0.25, 0.3) is 0 Å². The van der Waals surface area contributed by atoms with Crippen molar-refractivity contribution in [3.63, 3.8) is 0 Å². The number of hydrogen-bond donors (Lipinski definition) is 2. The van der Waals surface area contributed by atoms with E-state index in [-0.39, 0.29) is 6.42 Å². The predicted octanol–water partition coefficient (Wildman–Crippen LogP) is 2.89. The molecule has 0 unspecified atom stereocenters. The van der Waals surface area contributed by atoms with E-state index >= 15 is 0 Å². The highest BCUT2D eigenvalue weighted by molar-refractivity contribution is 7.15. The number of carbonyl (C=O) groups is 1. The number of rotatable bonds is 4. The van der Waals surface area contributed by atoms with Crippen LogP contribution in [0.25, 0.3) is 10.4 Å². The Morgan fingerprint density at radius 2 is 1.94 bits per heavy atom. The molecular formula is C13H13NO2S. The molecule has 17 heavy (non-hydrogen) atoms. The summed E-state index contributed by atoms with van der Waals surface area (Å²) in [6.07, 6.45) is -0.0330. The third-order valence-corrected chi connectivity index (χ3v) is 3.71. The molecule has 0 aliphatic rings. The zero-order chi connectivity index (χ0) is 12.3. The van der Waals surface area contributed by atoms with Crippen LogP contribution in [0.15, 0.2) is 42.5 Å². The first-order chi connectivity index (χ1) is 8.16. The minimum atomic E-state index is -0.868. The van der Waals surface area contributed by atoms with Gasteiger partial charge in [0.1, 0.15) is 0 Å². The van der Waals surface area contributed by atoms with Gasteiger partial charge in [-0.25, -0.2) is 0 Å². The molecule has 3 nitrogen and oxygen atoms in total. The molecule has 4 heteroatoms. The first kappa shape index (κ1) is 11.8. The van der Waals surface area contributed by atoms with E-state index in [2.05, 4.69) is 0 Å². The first-order valence-electron chi connectivity index (χ1n) is 5.29. The molecule has 0 amide bonds. The maximum absolute atomic E-state index is 10.6. The highest BCUT2D eigenvalue weighted by Crippen LogP contribution is 2.31. The average Bonchev–Trinajstić information content (AvgIpc) is 2.78. The molecule has 1 heterocycles. The third-order valence-electron chi connectivity index (χ3n) is 2.45. The van der Waals surface area contributed by atoms with Gasteiger partial charge >= 0.3 is 5.97 Å². The summed E-state index contributed by atoms with van der Waals surface area (Å²) in [6, 6.07) is 13.4.